The SMILES string of the molecule is Cc1ccc(NC(=O)CNC(=O)[C@@H]2Cc3ccccc3C[NH2+]2)cc1. The maximum absolute atomic E-state index is 12.3. The van der Waals surface area contributed by atoms with Crippen LogP contribution < -0.4 is 16.0 Å². The molecule has 0 saturated heterocycles. The minimum absolute atomic E-state index is 0.0152. The summed E-state index contributed by atoms with van der Waals surface area (Å²) in [4.78, 5) is 24.2. The number of anilines is 1. The molecule has 124 valence electrons. The molecule has 1 aliphatic heterocycles. The Labute approximate surface area is 141 Å². The van der Waals surface area contributed by atoms with E-state index in [1.807, 2.05) is 48.6 Å². The van der Waals surface area contributed by atoms with Gasteiger partial charge in [0.05, 0.1) is 6.54 Å². The molecular weight excluding hydrogens is 302 g/mol. The van der Waals surface area contributed by atoms with Gasteiger partial charge in [-0.15, -0.1) is 0 Å². The van der Waals surface area contributed by atoms with E-state index in [2.05, 4.69) is 22.8 Å². The molecule has 0 fully saturated rings. The summed E-state index contributed by atoms with van der Waals surface area (Å²) in [5.41, 5.74) is 4.36. The molecule has 0 unspecified atom stereocenters. The molecular formula is C19H22N3O2+. The van der Waals surface area contributed by atoms with E-state index in [1.165, 1.54) is 11.1 Å². The molecule has 5 nitrogen and oxygen atoms in total. The Hall–Kier alpha value is -2.66. The summed E-state index contributed by atoms with van der Waals surface area (Å²) in [7, 11) is 0. The third-order valence-electron chi connectivity index (χ3n) is 4.28. The molecule has 5 heteroatoms. The van der Waals surface area contributed by atoms with E-state index in [-0.39, 0.29) is 24.4 Å². The van der Waals surface area contributed by atoms with Gasteiger partial charge in [0.25, 0.3) is 5.91 Å². The first kappa shape index (κ1) is 16.2. The summed E-state index contributed by atoms with van der Waals surface area (Å²) in [5, 5.41) is 7.53. The highest BCUT2D eigenvalue weighted by molar-refractivity contribution is 5.95. The van der Waals surface area contributed by atoms with Gasteiger partial charge >= 0.3 is 0 Å². The highest BCUT2D eigenvalue weighted by Crippen LogP contribution is 2.12. The highest BCUT2D eigenvalue weighted by Gasteiger charge is 2.27. The maximum Gasteiger partial charge on any atom is 0.279 e. The van der Waals surface area contributed by atoms with Crippen LogP contribution in [0, 0.1) is 6.92 Å². The minimum atomic E-state index is -0.219. The molecule has 2 aromatic rings. The Balaban J connectivity index is 1.49. The van der Waals surface area contributed by atoms with E-state index in [9.17, 15) is 9.59 Å². The third-order valence-corrected chi connectivity index (χ3v) is 4.28. The molecule has 1 aliphatic rings. The fraction of sp³-hybridized carbons (Fsp3) is 0.263. The summed E-state index contributed by atoms with van der Waals surface area (Å²) in [6.07, 6.45) is 0.696. The molecule has 0 aromatic heterocycles. The quantitative estimate of drug-likeness (QED) is 0.776. The third kappa shape index (κ3) is 4.00. The molecule has 0 spiro atoms. The predicted molar refractivity (Wildman–Crippen MR) is 92.4 cm³/mol. The van der Waals surface area contributed by atoms with Crippen LogP contribution in [0.4, 0.5) is 5.69 Å². The van der Waals surface area contributed by atoms with Gasteiger partial charge in [-0.25, -0.2) is 0 Å². The van der Waals surface area contributed by atoms with Gasteiger partial charge in [0, 0.05) is 17.7 Å². The summed E-state index contributed by atoms with van der Waals surface area (Å²) in [6.45, 7) is 2.77. The van der Waals surface area contributed by atoms with Crippen molar-refractivity contribution in [3.8, 4) is 0 Å². The van der Waals surface area contributed by atoms with E-state index >= 15 is 0 Å². The molecule has 0 saturated carbocycles. The monoisotopic (exact) mass is 324 g/mol. The van der Waals surface area contributed by atoms with Gasteiger partial charge in [0.2, 0.25) is 5.91 Å². The fourth-order valence-electron chi connectivity index (χ4n) is 2.89. The van der Waals surface area contributed by atoms with E-state index in [4.69, 9.17) is 0 Å². The first-order valence-corrected chi connectivity index (χ1v) is 8.16. The molecule has 1 atom stereocenters. The highest BCUT2D eigenvalue weighted by atomic mass is 16.2. The number of quaternary nitrogens is 1. The first-order chi connectivity index (χ1) is 11.6. The number of carbonyl (C=O) groups is 2. The molecule has 2 amide bonds. The first-order valence-electron chi connectivity index (χ1n) is 8.16. The van der Waals surface area contributed by atoms with Crippen molar-refractivity contribution in [3.05, 3.63) is 65.2 Å². The van der Waals surface area contributed by atoms with Crippen molar-refractivity contribution in [2.45, 2.75) is 25.9 Å². The zero-order valence-electron chi connectivity index (χ0n) is 13.7. The fourth-order valence-corrected chi connectivity index (χ4v) is 2.89. The summed E-state index contributed by atoms with van der Waals surface area (Å²) < 4.78 is 0. The van der Waals surface area contributed by atoms with Crippen molar-refractivity contribution in [2.75, 3.05) is 11.9 Å². The number of nitrogens with one attached hydrogen (secondary N) is 2. The molecule has 4 N–H and O–H groups in total. The van der Waals surface area contributed by atoms with Crippen LogP contribution in [-0.2, 0) is 22.6 Å². The van der Waals surface area contributed by atoms with Gasteiger partial charge < -0.3 is 16.0 Å². The van der Waals surface area contributed by atoms with E-state index < -0.39 is 0 Å². The topological polar surface area (TPSA) is 74.8 Å². The molecule has 3 rings (SSSR count). The van der Waals surface area contributed by atoms with Crippen molar-refractivity contribution < 1.29 is 14.9 Å². The summed E-state index contributed by atoms with van der Waals surface area (Å²) >= 11 is 0. The van der Waals surface area contributed by atoms with Crippen LogP contribution in [0.25, 0.3) is 0 Å². The molecule has 0 bridgehead atoms. The van der Waals surface area contributed by atoms with Gasteiger partial charge in [-0.05, 0) is 24.6 Å². The second kappa shape index (κ2) is 7.27. The zero-order chi connectivity index (χ0) is 16.9. The molecule has 2 aromatic carbocycles. The molecule has 24 heavy (non-hydrogen) atoms. The predicted octanol–water partition coefficient (Wildman–Crippen LogP) is 0.738. The van der Waals surface area contributed by atoms with Crippen LogP contribution in [0.15, 0.2) is 48.5 Å². The van der Waals surface area contributed by atoms with E-state index in [0.29, 0.717) is 6.42 Å². The lowest BCUT2D eigenvalue weighted by Gasteiger charge is -2.22. The average Bonchev–Trinajstić information content (AvgIpc) is 2.61. The standard InChI is InChI=1S/C19H21N3O2/c1-13-6-8-16(9-7-13)22-18(23)12-21-19(24)17-10-14-4-2-3-5-15(14)11-20-17/h2-9,17,20H,10-12H2,1H3,(H,21,24)(H,22,23)/p+1/t17-/m0/s1. The van der Waals surface area contributed by atoms with Crippen LogP contribution in [-0.4, -0.2) is 24.4 Å². The number of nitrogens with two attached hydrogens (primary N) is 1. The van der Waals surface area contributed by atoms with E-state index in [1.54, 1.807) is 0 Å². The lowest BCUT2D eigenvalue weighted by atomic mass is 9.95. The number of aryl methyl sites for hydroxylation is 1. The second-order valence-electron chi connectivity index (χ2n) is 6.15. The Morgan fingerprint density at radius 1 is 1.08 bits per heavy atom. The van der Waals surface area contributed by atoms with Gasteiger partial charge in [-0.1, -0.05) is 42.0 Å². The smallest absolute Gasteiger partial charge is 0.279 e. The number of carbonyl (C=O) groups excluding carboxylic acids is 2. The number of hydrogen-bond acceptors (Lipinski definition) is 2. The van der Waals surface area contributed by atoms with Crippen molar-refractivity contribution in [1.82, 2.24) is 5.32 Å². The van der Waals surface area contributed by atoms with Gasteiger partial charge in [0.15, 0.2) is 6.04 Å². The van der Waals surface area contributed by atoms with Crippen molar-refractivity contribution in [1.29, 1.82) is 0 Å². The lowest BCUT2D eigenvalue weighted by molar-refractivity contribution is -0.695. The Kier molecular flexibility index (Phi) is 4.91. The van der Waals surface area contributed by atoms with Gasteiger partial charge in [-0.2, -0.15) is 0 Å². The van der Waals surface area contributed by atoms with Crippen molar-refractivity contribution in [2.24, 2.45) is 0 Å². The van der Waals surface area contributed by atoms with Crippen LogP contribution >= 0.6 is 0 Å². The van der Waals surface area contributed by atoms with E-state index in [0.717, 1.165) is 17.8 Å². The molecule has 0 radical (unpaired) electrons. The number of rotatable bonds is 4. The normalized spacial score (nSPS) is 16.1. The van der Waals surface area contributed by atoms with Crippen LogP contribution in [0.5, 0.6) is 0 Å². The lowest BCUT2D eigenvalue weighted by Crippen LogP contribution is -2.93. The zero-order valence-corrected chi connectivity index (χ0v) is 13.7. The van der Waals surface area contributed by atoms with Crippen molar-refractivity contribution in [3.63, 3.8) is 0 Å². The maximum atomic E-state index is 12.3. The van der Waals surface area contributed by atoms with Gasteiger partial charge in [-0.3, -0.25) is 9.59 Å². The van der Waals surface area contributed by atoms with Crippen molar-refractivity contribution >= 4 is 17.5 Å². The minimum Gasteiger partial charge on any atom is -0.342 e. The molecule has 1 heterocycles. The Morgan fingerprint density at radius 2 is 1.79 bits per heavy atom. The second-order valence-corrected chi connectivity index (χ2v) is 6.15. The van der Waals surface area contributed by atoms with Crippen LogP contribution in [0.3, 0.4) is 0 Å². The number of fused-ring (bicyclic) bond motifs is 1. The Bertz CT molecular complexity index is 741. The number of hydrogen-bond donors (Lipinski definition) is 3. The van der Waals surface area contributed by atoms with Crippen LogP contribution in [0.1, 0.15) is 16.7 Å². The summed E-state index contributed by atoms with van der Waals surface area (Å²) in [5.74, 6) is -0.313. The Morgan fingerprint density at radius 3 is 2.54 bits per heavy atom. The number of benzene rings is 2. The largest absolute Gasteiger partial charge is 0.342 e. The number of amides is 2. The summed E-state index contributed by atoms with van der Waals surface area (Å²) in [6, 6.07) is 15.6. The van der Waals surface area contributed by atoms with Gasteiger partial charge in [0.1, 0.15) is 6.54 Å². The average molecular weight is 324 g/mol. The molecule has 0 aliphatic carbocycles. The van der Waals surface area contributed by atoms with Crippen LogP contribution in [0.2, 0.25) is 0 Å².